The first-order chi connectivity index (χ1) is 11.2. The number of rotatable bonds is 5. The van der Waals surface area contributed by atoms with Gasteiger partial charge in [-0.25, -0.2) is 14.5 Å². The summed E-state index contributed by atoms with van der Waals surface area (Å²) in [5.74, 6) is 0. The highest BCUT2D eigenvalue weighted by atomic mass is 16.3. The van der Waals surface area contributed by atoms with Crippen molar-refractivity contribution in [1.29, 1.82) is 0 Å². The maximum Gasteiger partial charge on any atom is 0.315 e. The van der Waals surface area contributed by atoms with Gasteiger partial charge in [0.15, 0.2) is 0 Å². The predicted octanol–water partition coefficient (Wildman–Crippen LogP) is 1.37. The lowest BCUT2D eigenvalue weighted by atomic mass is 9.99. The lowest BCUT2D eigenvalue weighted by Crippen LogP contribution is -2.52. The first-order valence-corrected chi connectivity index (χ1v) is 7.82. The molecule has 0 aliphatic heterocycles. The zero-order valence-corrected chi connectivity index (χ0v) is 12.9. The van der Waals surface area contributed by atoms with Crippen LogP contribution in [0.1, 0.15) is 31.2 Å². The molecule has 1 aromatic carbocycles. The largest absolute Gasteiger partial charge is 0.394 e. The maximum absolute atomic E-state index is 12.0. The normalized spacial score (nSPS) is 16.2. The highest BCUT2D eigenvalue weighted by Crippen LogP contribution is 2.28. The molecule has 0 spiro atoms. The molecule has 3 N–H and O–H groups in total. The second-order valence-electron chi connectivity index (χ2n) is 5.96. The van der Waals surface area contributed by atoms with Gasteiger partial charge in [0.25, 0.3) is 0 Å². The SMILES string of the molecule is O=C(NCc1ccc(-n2cncn2)cc1)NC1(CO)CCCC1. The number of nitrogens with one attached hydrogen (secondary N) is 2. The van der Waals surface area contributed by atoms with Crippen LogP contribution in [0.5, 0.6) is 0 Å². The van der Waals surface area contributed by atoms with Crippen LogP contribution in [0.25, 0.3) is 5.69 Å². The average Bonchev–Trinajstić information content (AvgIpc) is 3.26. The van der Waals surface area contributed by atoms with Crippen LogP contribution in [0.15, 0.2) is 36.9 Å². The summed E-state index contributed by atoms with van der Waals surface area (Å²) in [6.07, 6.45) is 6.89. The molecule has 0 bridgehead atoms. The van der Waals surface area contributed by atoms with Crippen molar-refractivity contribution in [2.75, 3.05) is 6.61 Å². The van der Waals surface area contributed by atoms with Gasteiger partial charge >= 0.3 is 6.03 Å². The van der Waals surface area contributed by atoms with Crippen LogP contribution in [-0.2, 0) is 6.54 Å². The topological polar surface area (TPSA) is 92.1 Å². The molecule has 3 rings (SSSR count). The van der Waals surface area contributed by atoms with E-state index in [9.17, 15) is 9.90 Å². The van der Waals surface area contributed by atoms with E-state index in [1.54, 1.807) is 11.0 Å². The first kappa shape index (κ1) is 15.5. The van der Waals surface area contributed by atoms with Gasteiger partial charge in [-0.2, -0.15) is 5.10 Å². The third-order valence-corrected chi connectivity index (χ3v) is 4.31. The van der Waals surface area contributed by atoms with E-state index in [-0.39, 0.29) is 12.6 Å². The quantitative estimate of drug-likeness (QED) is 0.777. The summed E-state index contributed by atoms with van der Waals surface area (Å²) in [6.45, 7) is 0.429. The van der Waals surface area contributed by atoms with Crippen molar-refractivity contribution in [2.24, 2.45) is 0 Å². The van der Waals surface area contributed by atoms with Crippen LogP contribution in [0.2, 0.25) is 0 Å². The van der Waals surface area contributed by atoms with Crippen LogP contribution in [-0.4, -0.2) is 38.0 Å². The average molecular weight is 315 g/mol. The second-order valence-corrected chi connectivity index (χ2v) is 5.96. The van der Waals surface area contributed by atoms with Gasteiger partial charge in [-0.15, -0.1) is 0 Å². The van der Waals surface area contributed by atoms with Crippen molar-refractivity contribution in [2.45, 2.75) is 37.8 Å². The van der Waals surface area contributed by atoms with E-state index in [1.807, 2.05) is 24.3 Å². The molecule has 2 aromatic rings. The van der Waals surface area contributed by atoms with E-state index in [1.165, 1.54) is 6.33 Å². The summed E-state index contributed by atoms with van der Waals surface area (Å²) in [5.41, 5.74) is 1.47. The Labute approximate surface area is 134 Å². The number of urea groups is 1. The highest BCUT2D eigenvalue weighted by molar-refractivity contribution is 5.74. The van der Waals surface area contributed by atoms with Crippen LogP contribution in [0, 0.1) is 0 Å². The lowest BCUT2D eigenvalue weighted by Gasteiger charge is -2.28. The number of aliphatic hydroxyl groups is 1. The van der Waals surface area contributed by atoms with E-state index in [2.05, 4.69) is 20.7 Å². The number of aromatic nitrogens is 3. The van der Waals surface area contributed by atoms with Crippen LogP contribution < -0.4 is 10.6 Å². The number of aliphatic hydroxyl groups excluding tert-OH is 1. The maximum atomic E-state index is 12.0. The Kier molecular flexibility index (Phi) is 4.57. The molecule has 7 nitrogen and oxygen atoms in total. The third-order valence-electron chi connectivity index (χ3n) is 4.31. The van der Waals surface area contributed by atoms with Crippen molar-refractivity contribution in [3.63, 3.8) is 0 Å². The Balaban J connectivity index is 1.53. The number of carbonyl (C=O) groups is 1. The number of carbonyl (C=O) groups excluding carboxylic acids is 1. The van der Waals surface area contributed by atoms with E-state index >= 15 is 0 Å². The Hall–Kier alpha value is -2.41. The van der Waals surface area contributed by atoms with Gasteiger partial charge in [-0.05, 0) is 30.5 Å². The molecule has 1 heterocycles. The number of amides is 2. The first-order valence-electron chi connectivity index (χ1n) is 7.82. The summed E-state index contributed by atoms with van der Waals surface area (Å²) >= 11 is 0. The molecule has 0 unspecified atom stereocenters. The fourth-order valence-corrected chi connectivity index (χ4v) is 2.95. The molecule has 1 aromatic heterocycles. The standard InChI is InChI=1S/C16H21N5O2/c22-10-16(7-1-2-8-16)20-15(23)18-9-13-3-5-14(6-4-13)21-12-17-11-19-21/h3-6,11-12,22H,1-2,7-10H2,(H2,18,20,23). The highest BCUT2D eigenvalue weighted by Gasteiger charge is 2.34. The van der Waals surface area contributed by atoms with Gasteiger partial charge in [-0.1, -0.05) is 25.0 Å². The van der Waals surface area contributed by atoms with Crippen molar-refractivity contribution >= 4 is 6.03 Å². The molecule has 1 aliphatic rings. The van der Waals surface area contributed by atoms with Gasteiger partial charge in [0, 0.05) is 6.54 Å². The minimum atomic E-state index is -0.443. The molecule has 1 aliphatic carbocycles. The number of nitrogens with zero attached hydrogens (tertiary/aromatic N) is 3. The predicted molar refractivity (Wildman–Crippen MR) is 85.0 cm³/mol. The zero-order valence-electron chi connectivity index (χ0n) is 12.9. The van der Waals surface area contributed by atoms with Crippen LogP contribution >= 0.6 is 0 Å². The summed E-state index contributed by atoms with van der Waals surface area (Å²) in [6, 6.07) is 7.50. The molecular formula is C16H21N5O2. The Morgan fingerprint density at radius 3 is 2.61 bits per heavy atom. The number of hydrogen-bond acceptors (Lipinski definition) is 4. The molecular weight excluding hydrogens is 294 g/mol. The Morgan fingerprint density at radius 1 is 1.26 bits per heavy atom. The van der Waals surface area contributed by atoms with Gasteiger partial charge in [0.05, 0.1) is 17.8 Å². The summed E-state index contributed by atoms with van der Waals surface area (Å²) in [7, 11) is 0. The van der Waals surface area contributed by atoms with E-state index in [0.717, 1.165) is 36.9 Å². The summed E-state index contributed by atoms with van der Waals surface area (Å²) in [4.78, 5) is 15.9. The van der Waals surface area contributed by atoms with Crippen molar-refractivity contribution in [3.05, 3.63) is 42.5 Å². The second kappa shape index (κ2) is 6.78. The molecule has 0 saturated heterocycles. The van der Waals surface area contributed by atoms with Gasteiger partial charge in [0.1, 0.15) is 12.7 Å². The van der Waals surface area contributed by atoms with Crippen molar-refractivity contribution in [3.8, 4) is 5.69 Å². The molecule has 2 amide bonds. The molecule has 0 atom stereocenters. The molecule has 7 heteroatoms. The summed E-state index contributed by atoms with van der Waals surface area (Å²) in [5, 5.41) is 19.3. The van der Waals surface area contributed by atoms with Crippen molar-refractivity contribution in [1.82, 2.24) is 25.4 Å². The van der Waals surface area contributed by atoms with Gasteiger partial charge in [0.2, 0.25) is 0 Å². The van der Waals surface area contributed by atoms with Gasteiger partial charge in [-0.3, -0.25) is 0 Å². The molecule has 1 fully saturated rings. The number of hydrogen-bond donors (Lipinski definition) is 3. The summed E-state index contributed by atoms with van der Waals surface area (Å²) < 4.78 is 1.68. The fourth-order valence-electron chi connectivity index (χ4n) is 2.95. The Morgan fingerprint density at radius 2 is 2.00 bits per heavy atom. The molecule has 0 radical (unpaired) electrons. The van der Waals surface area contributed by atoms with E-state index in [0.29, 0.717) is 6.54 Å². The van der Waals surface area contributed by atoms with Crippen LogP contribution in [0.4, 0.5) is 4.79 Å². The molecule has 1 saturated carbocycles. The lowest BCUT2D eigenvalue weighted by molar-refractivity contribution is 0.163. The minimum absolute atomic E-state index is 0.00692. The zero-order chi connectivity index (χ0) is 16.1. The van der Waals surface area contributed by atoms with Gasteiger partial charge < -0.3 is 15.7 Å². The fraction of sp³-hybridized carbons (Fsp3) is 0.438. The Bertz CT molecular complexity index is 633. The van der Waals surface area contributed by atoms with E-state index < -0.39 is 5.54 Å². The van der Waals surface area contributed by atoms with Crippen molar-refractivity contribution < 1.29 is 9.90 Å². The molecule has 122 valence electrons. The van der Waals surface area contributed by atoms with E-state index in [4.69, 9.17) is 0 Å². The third kappa shape index (κ3) is 3.68. The smallest absolute Gasteiger partial charge is 0.315 e. The molecule has 23 heavy (non-hydrogen) atoms. The minimum Gasteiger partial charge on any atom is -0.394 e. The number of benzene rings is 1. The van der Waals surface area contributed by atoms with Crippen LogP contribution in [0.3, 0.4) is 0 Å². The monoisotopic (exact) mass is 315 g/mol.